The molecule has 0 saturated heterocycles. The van der Waals surface area contributed by atoms with Crippen molar-refractivity contribution in [3.8, 4) is 11.1 Å². The van der Waals surface area contributed by atoms with Crippen LogP contribution in [0.25, 0.3) is 11.1 Å². The van der Waals surface area contributed by atoms with E-state index in [9.17, 15) is 0 Å². The van der Waals surface area contributed by atoms with Crippen LogP contribution < -0.4 is 0 Å². The van der Waals surface area contributed by atoms with Gasteiger partial charge in [-0.1, -0.05) is 72.8 Å². The Labute approximate surface area is 119 Å². The molecule has 0 nitrogen and oxygen atoms in total. The third-order valence-electron chi connectivity index (χ3n) is 4.12. The maximum atomic E-state index is 4.06. The zero-order chi connectivity index (χ0) is 13.5. The lowest BCUT2D eigenvalue weighted by Crippen LogP contribution is -1.99. The average Bonchev–Trinajstić information content (AvgIpc) is 2.82. The molecule has 3 aromatic carbocycles. The fraction of sp³-hybridized carbons (Fsp3) is 0.0500. The van der Waals surface area contributed by atoms with Gasteiger partial charge in [0.2, 0.25) is 0 Å². The van der Waals surface area contributed by atoms with E-state index >= 15 is 0 Å². The molecule has 3 aromatic rings. The molecule has 0 aromatic heterocycles. The Balaban J connectivity index is 2.00. The lowest BCUT2D eigenvalue weighted by atomic mass is 9.89. The molecule has 0 heteroatoms. The van der Waals surface area contributed by atoms with E-state index in [2.05, 4.69) is 79.7 Å². The van der Waals surface area contributed by atoms with E-state index in [4.69, 9.17) is 0 Å². The van der Waals surface area contributed by atoms with Gasteiger partial charge in [0, 0.05) is 5.92 Å². The van der Waals surface area contributed by atoms with Gasteiger partial charge in [-0.15, -0.1) is 0 Å². The Kier molecular flexibility index (Phi) is 2.50. The van der Waals surface area contributed by atoms with Gasteiger partial charge in [-0.25, -0.2) is 0 Å². The summed E-state index contributed by atoms with van der Waals surface area (Å²) in [6, 6.07) is 26.0. The molecule has 0 N–H and O–H groups in total. The van der Waals surface area contributed by atoms with Gasteiger partial charge < -0.3 is 0 Å². The number of rotatable bonds is 1. The second-order valence-electron chi connectivity index (χ2n) is 5.35. The second kappa shape index (κ2) is 4.35. The topological polar surface area (TPSA) is 0 Å². The molecule has 0 aliphatic heterocycles. The summed E-state index contributed by atoms with van der Waals surface area (Å²) < 4.78 is 0. The van der Waals surface area contributed by atoms with Gasteiger partial charge in [-0.3, -0.25) is 0 Å². The fourth-order valence-electron chi connectivity index (χ4n) is 3.29. The minimum absolute atomic E-state index is 0.337. The monoisotopic (exact) mass is 255 g/mol. The van der Waals surface area contributed by atoms with Crippen LogP contribution in [0.4, 0.5) is 0 Å². The summed E-state index contributed by atoms with van der Waals surface area (Å²) in [5, 5.41) is 0. The van der Waals surface area contributed by atoms with E-state index in [-0.39, 0.29) is 0 Å². The van der Waals surface area contributed by atoms with Crippen LogP contribution in [0.1, 0.15) is 28.2 Å². The first-order chi connectivity index (χ1) is 9.84. The molecule has 1 radical (unpaired) electrons. The van der Waals surface area contributed by atoms with Crippen molar-refractivity contribution >= 4 is 0 Å². The lowest BCUT2D eigenvalue weighted by molar-refractivity contribution is 1.01. The maximum Gasteiger partial charge on any atom is 0.0352 e. The summed E-state index contributed by atoms with van der Waals surface area (Å²) in [6.07, 6.45) is 0. The molecular weight excluding hydrogens is 240 g/mol. The Bertz CT molecular complexity index is 738. The number of hydrogen-bond acceptors (Lipinski definition) is 0. The molecule has 0 amide bonds. The van der Waals surface area contributed by atoms with Crippen LogP contribution in [-0.4, -0.2) is 0 Å². The van der Waals surface area contributed by atoms with Crippen LogP contribution in [0, 0.1) is 6.92 Å². The van der Waals surface area contributed by atoms with Crippen molar-refractivity contribution in [3.63, 3.8) is 0 Å². The number of fused-ring (bicyclic) bond motifs is 3. The summed E-state index contributed by atoms with van der Waals surface area (Å²) in [7, 11) is 0. The highest BCUT2D eigenvalue weighted by Gasteiger charge is 2.28. The predicted octanol–water partition coefficient (Wildman–Crippen LogP) is 5.03. The van der Waals surface area contributed by atoms with E-state index in [0.717, 1.165) is 5.56 Å². The SMILES string of the molecule is [CH2]c1cccc(C2c3ccccc3-c3ccccc32)c1. The molecule has 0 spiro atoms. The van der Waals surface area contributed by atoms with Crippen LogP contribution in [0.2, 0.25) is 0 Å². The second-order valence-corrected chi connectivity index (χ2v) is 5.35. The van der Waals surface area contributed by atoms with Gasteiger partial charge in [0.25, 0.3) is 0 Å². The lowest BCUT2D eigenvalue weighted by Gasteiger charge is -2.14. The van der Waals surface area contributed by atoms with Crippen LogP contribution in [-0.2, 0) is 0 Å². The van der Waals surface area contributed by atoms with Gasteiger partial charge in [0.15, 0.2) is 0 Å². The summed E-state index contributed by atoms with van der Waals surface area (Å²) in [5.41, 5.74) is 7.93. The number of benzene rings is 3. The first kappa shape index (κ1) is 11.5. The van der Waals surface area contributed by atoms with Gasteiger partial charge >= 0.3 is 0 Å². The van der Waals surface area contributed by atoms with Crippen LogP contribution in [0.15, 0.2) is 72.8 Å². The molecule has 0 saturated carbocycles. The first-order valence-electron chi connectivity index (χ1n) is 6.95. The van der Waals surface area contributed by atoms with E-state index < -0.39 is 0 Å². The zero-order valence-corrected chi connectivity index (χ0v) is 11.2. The van der Waals surface area contributed by atoms with E-state index in [1.807, 2.05) is 0 Å². The zero-order valence-electron chi connectivity index (χ0n) is 11.2. The molecular formula is C20H15. The van der Waals surface area contributed by atoms with Gasteiger partial charge in [-0.05, 0) is 40.3 Å². The van der Waals surface area contributed by atoms with Crippen molar-refractivity contribution in [2.75, 3.05) is 0 Å². The largest absolute Gasteiger partial charge is 0.0619 e. The summed E-state index contributed by atoms with van der Waals surface area (Å²) in [6.45, 7) is 4.06. The number of hydrogen-bond donors (Lipinski definition) is 0. The Hall–Kier alpha value is -2.34. The quantitative estimate of drug-likeness (QED) is 0.447. The molecule has 1 aliphatic carbocycles. The summed E-state index contributed by atoms with van der Waals surface area (Å²) >= 11 is 0. The average molecular weight is 255 g/mol. The Morgan fingerprint density at radius 2 is 1.25 bits per heavy atom. The van der Waals surface area contributed by atoms with Crippen molar-refractivity contribution in [2.24, 2.45) is 0 Å². The van der Waals surface area contributed by atoms with Crippen molar-refractivity contribution in [1.29, 1.82) is 0 Å². The highest BCUT2D eigenvalue weighted by atomic mass is 14.3. The molecule has 0 fully saturated rings. The van der Waals surface area contributed by atoms with E-state index in [0.29, 0.717) is 5.92 Å². The summed E-state index contributed by atoms with van der Waals surface area (Å²) in [4.78, 5) is 0. The van der Waals surface area contributed by atoms with E-state index in [1.165, 1.54) is 27.8 Å². The van der Waals surface area contributed by atoms with E-state index in [1.54, 1.807) is 0 Å². The highest BCUT2D eigenvalue weighted by molar-refractivity contribution is 5.80. The van der Waals surface area contributed by atoms with Crippen molar-refractivity contribution in [2.45, 2.75) is 5.92 Å². The molecule has 0 heterocycles. The Morgan fingerprint density at radius 3 is 1.85 bits per heavy atom. The smallest absolute Gasteiger partial charge is 0.0352 e. The molecule has 1 aliphatic rings. The van der Waals surface area contributed by atoms with Gasteiger partial charge in [0.1, 0.15) is 0 Å². The molecule has 4 rings (SSSR count). The van der Waals surface area contributed by atoms with Crippen LogP contribution in [0.5, 0.6) is 0 Å². The summed E-state index contributed by atoms with van der Waals surface area (Å²) in [5.74, 6) is 0.337. The predicted molar refractivity (Wildman–Crippen MR) is 83.7 cm³/mol. The first-order valence-corrected chi connectivity index (χ1v) is 6.95. The minimum atomic E-state index is 0.337. The third-order valence-corrected chi connectivity index (χ3v) is 4.12. The standard InChI is InChI=1S/C20H15/c1-14-7-6-8-15(13-14)20-18-11-4-2-9-16(18)17-10-3-5-12-19(17)20/h2-13,20H,1H2. The highest BCUT2D eigenvalue weighted by Crippen LogP contribution is 2.47. The molecule has 0 bridgehead atoms. The molecule has 20 heavy (non-hydrogen) atoms. The normalized spacial score (nSPS) is 13.1. The third kappa shape index (κ3) is 1.61. The van der Waals surface area contributed by atoms with Crippen LogP contribution in [0.3, 0.4) is 0 Å². The Morgan fingerprint density at radius 1 is 0.650 bits per heavy atom. The van der Waals surface area contributed by atoms with Crippen LogP contribution >= 0.6 is 0 Å². The van der Waals surface area contributed by atoms with Crippen molar-refractivity contribution in [3.05, 3.63) is 102 Å². The minimum Gasteiger partial charge on any atom is -0.0619 e. The van der Waals surface area contributed by atoms with Crippen molar-refractivity contribution < 1.29 is 0 Å². The van der Waals surface area contributed by atoms with Gasteiger partial charge in [-0.2, -0.15) is 0 Å². The van der Waals surface area contributed by atoms with Gasteiger partial charge in [0.05, 0.1) is 0 Å². The fourth-order valence-corrected chi connectivity index (χ4v) is 3.29. The molecule has 0 atom stereocenters. The maximum absolute atomic E-state index is 4.06. The molecule has 95 valence electrons. The molecule has 0 unspecified atom stereocenters. The van der Waals surface area contributed by atoms with Crippen molar-refractivity contribution in [1.82, 2.24) is 0 Å².